The first kappa shape index (κ1) is 12.3. The molecule has 5 heteroatoms. The Bertz CT molecular complexity index is 438. The lowest BCUT2D eigenvalue weighted by molar-refractivity contribution is 0.0571. The number of hydrogen-bond acceptors (Lipinski definition) is 4. The number of aromatic nitrogens is 2. The quantitative estimate of drug-likeness (QED) is 0.854. The standard InChI is InChI=1S/C12H17N3OS/c1-2-16-10(8-13)9-15-6-5-14-12(15)11-4-3-7-17-11/h3-7,10H,2,8-9,13H2,1H3. The van der Waals surface area contributed by atoms with E-state index < -0.39 is 0 Å². The van der Waals surface area contributed by atoms with Crippen molar-refractivity contribution in [2.24, 2.45) is 5.73 Å². The van der Waals surface area contributed by atoms with Gasteiger partial charge in [0.1, 0.15) is 5.82 Å². The summed E-state index contributed by atoms with van der Waals surface area (Å²) in [4.78, 5) is 5.55. The van der Waals surface area contributed by atoms with Crippen molar-refractivity contribution in [2.45, 2.75) is 19.6 Å². The van der Waals surface area contributed by atoms with Crippen LogP contribution in [0.3, 0.4) is 0 Å². The summed E-state index contributed by atoms with van der Waals surface area (Å²) < 4.78 is 7.66. The highest BCUT2D eigenvalue weighted by Crippen LogP contribution is 2.23. The molecule has 0 saturated carbocycles. The van der Waals surface area contributed by atoms with Gasteiger partial charge in [0, 0.05) is 25.5 Å². The summed E-state index contributed by atoms with van der Waals surface area (Å²) >= 11 is 1.69. The van der Waals surface area contributed by atoms with E-state index in [9.17, 15) is 0 Å². The molecule has 0 radical (unpaired) electrons. The van der Waals surface area contributed by atoms with E-state index in [4.69, 9.17) is 10.5 Å². The molecular weight excluding hydrogens is 234 g/mol. The van der Waals surface area contributed by atoms with Gasteiger partial charge in [0.15, 0.2) is 0 Å². The molecule has 92 valence electrons. The molecule has 0 aliphatic heterocycles. The highest BCUT2D eigenvalue weighted by atomic mass is 32.1. The minimum atomic E-state index is 0.0490. The van der Waals surface area contributed by atoms with Crippen LogP contribution < -0.4 is 5.73 Å². The average Bonchev–Trinajstić information content (AvgIpc) is 2.98. The van der Waals surface area contributed by atoms with Crippen molar-refractivity contribution in [3.8, 4) is 10.7 Å². The van der Waals surface area contributed by atoms with Gasteiger partial charge < -0.3 is 15.0 Å². The van der Waals surface area contributed by atoms with Gasteiger partial charge in [-0.25, -0.2) is 4.98 Å². The van der Waals surface area contributed by atoms with Gasteiger partial charge in [-0.3, -0.25) is 0 Å². The molecule has 0 amide bonds. The van der Waals surface area contributed by atoms with Crippen LogP contribution in [0.25, 0.3) is 10.7 Å². The minimum Gasteiger partial charge on any atom is -0.375 e. The SMILES string of the molecule is CCOC(CN)Cn1ccnc1-c1cccs1. The van der Waals surface area contributed by atoms with Gasteiger partial charge in [-0.05, 0) is 18.4 Å². The zero-order valence-electron chi connectivity index (χ0n) is 9.87. The molecule has 1 atom stereocenters. The number of imidazole rings is 1. The normalized spacial score (nSPS) is 12.8. The number of ether oxygens (including phenoxy) is 1. The van der Waals surface area contributed by atoms with E-state index in [-0.39, 0.29) is 6.10 Å². The zero-order chi connectivity index (χ0) is 12.1. The number of hydrogen-bond donors (Lipinski definition) is 1. The molecule has 2 aromatic rings. The fourth-order valence-electron chi connectivity index (χ4n) is 1.74. The number of nitrogens with two attached hydrogens (primary N) is 1. The van der Waals surface area contributed by atoms with E-state index in [1.807, 2.05) is 25.4 Å². The average molecular weight is 251 g/mol. The van der Waals surface area contributed by atoms with Crippen molar-refractivity contribution >= 4 is 11.3 Å². The molecular formula is C12H17N3OS. The Balaban J connectivity index is 2.14. The van der Waals surface area contributed by atoms with Crippen molar-refractivity contribution in [1.29, 1.82) is 0 Å². The molecule has 2 N–H and O–H groups in total. The molecule has 0 aliphatic rings. The molecule has 2 heterocycles. The van der Waals surface area contributed by atoms with Gasteiger partial charge >= 0.3 is 0 Å². The van der Waals surface area contributed by atoms with E-state index in [2.05, 4.69) is 21.0 Å². The molecule has 2 aromatic heterocycles. The first-order valence-electron chi connectivity index (χ1n) is 5.71. The molecule has 0 spiro atoms. The second kappa shape index (κ2) is 5.95. The van der Waals surface area contributed by atoms with Crippen molar-refractivity contribution in [3.63, 3.8) is 0 Å². The molecule has 0 aromatic carbocycles. The van der Waals surface area contributed by atoms with Crippen molar-refractivity contribution in [3.05, 3.63) is 29.9 Å². The van der Waals surface area contributed by atoms with E-state index >= 15 is 0 Å². The Morgan fingerprint density at radius 3 is 3.12 bits per heavy atom. The third kappa shape index (κ3) is 2.94. The van der Waals surface area contributed by atoms with Crippen LogP contribution in [-0.4, -0.2) is 28.8 Å². The maximum atomic E-state index is 5.69. The molecule has 2 rings (SSSR count). The molecule has 17 heavy (non-hydrogen) atoms. The fourth-order valence-corrected chi connectivity index (χ4v) is 2.47. The van der Waals surface area contributed by atoms with Crippen molar-refractivity contribution in [1.82, 2.24) is 9.55 Å². The van der Waals surface area contributed by atoms with Crippen molar-refractivity contribution < 1.29 is 4.74 Å². The molecule has 0 saturated heterocycles. The maximum absolute atomic E-state index is 5.69. The number of thiophene rings is 1. The van der Waals surface area contributed by atoms with Crippen LogP contribution in [0.4, 0.5) is 0 Å². The molecule has 0 fully saturated rings. The Hall–Kier alpha value is -1.17. The predicted molar refractivity (Wildman–Crippen MR) is 70.0 cm³/mol. The lowest BCUT2D eigenvalue weighted by Crippen LogP contribution is -2.28. The monoisotopic (exact) mass is 251 g/mol. The molecule has 4 nitrogen and oxygen atoms in total. The van der Waals surface area contributed by atoms with Gasteiger partial charge in [0.05, 0.1) is 17.5 Å². The summed E-state index contributed by atoms with van der Waals surface area (Å²) in [5.74, 6) is 0.984. The number of rotatable bonds is 6. The summed E-state index contributed by atoms with van der Waals surface area (Å²) in [5.41, 5.74) is 5.69. The highest BCUT2D eigenvalue weighted by molar-refractivity contribution is 7.13. The van der Waals surface area contributed by atoms with E-state index in [1.165, 1.54) is 4.88 Å². The van der Waals surface area contributed by atoms with Gasteiger partial charge in [0.2, 0.25) is 0 Å². The highest BCUT2D eigenvalue weighted by Gasteiger charge is 2.12. The van der Waals surface area contributed by atoms with Crippen LogP contribution in [0.5, 0.6) is 0 Å². The van der Waals surface area contributed by atoms with E-state index in [0.29, 0.717) is 13.2 Å². The van der Waals surface area contributed by atoms with Gasteiger partial charge in [-0.1, -0.05) is 6.07 Å². The van der Waals surface area contributed by atoms with Crippen molar-refractivity contribution in [2.75, 3.05) is 13.2 Å². The Morgan fingerprint density at radius 1 is 1.59 bits per heavy atom. The van der Waals surface area contributed by atoms with E-state index in [0.717, 1.165) is 12.4 Å². The third-order valence-electron chi connectivity index (χ3n) is 2.52. The van der Waals surface area contributed by atoms with Gasteiger partial charge in [-0.15, -0.1) is 11.3 Å². The smallest absolute Gasteiger partial charge is 0.150 e. The van der Waals surface area contributed by atoms with Crippen LogP contribution in [0.15, 0.2) is 29.9 Å². The Morgan fingerprint density at radius 2 is 2.47 bits per heavy atom. The summed E-state index contributed by atoms with van der Waals surface area (Å²) in [6.45, 7) is 3.94. The molecule has 1 unspecified atom stereocenters. The summed E-state index contributed by atoms with van der Waals surface area (Å²) in [7, 11) is 0. The minimum absolute atomic E-state index is 0.0490. The first-order chi connectivity index (χ1) is 8.35. The largest absolute Gasteiger partial charge is 0.375 e. The first-order valence-corrected chi connectivity index (χ1v) is 6.59. The number of nitrogens with zero attached hydrogens (tertiary/aromatic N) is 2. The van der Waals surface area contributed by atoms with Gasteiger partial charge in [-0.2, -0.15) is 0 Å². The molecule has 0 bridgehead atoms. The second-order valence-electron chi connectivity index (χ2n) is 3.69. The van der Waals surface area contributed by atoms with E-state index in [1.54, 1.807) is 11.3 Å². The predicted octanol–water partition coefficient (Wildman–Crippen LogP) is 1.98. The lowest BCUT2D eigenvalue weighted by atomic mass is 10.3. The Labute approximate surface area is 105 Å². The van der Waals surface area contributed by atoms with Crippen LogP contribution >= 0.6 is 11.3 Å². The fraction of sp³-hybridized carbons (Fsp3) is 0.417. The third-order valence-corrected chi connectivity index (χ3v) is 3.39. The van der Waals surface area contributed by atoms with Crippen LogP contribution in [0.2, 0.25) is 0 Å². The molecule has 0 aliphatic carbocycles. The topological polar surface area (TPSA) is 53.1 Å². The summed E-state index contributed by atoms with van der Waals surface area (Å²) in [5, 5.41) is 2.05. The van der Waals surface area contributed by atoms with Crippen LogP contribution in [0, 0.1) is 0 Å². The second-order valence-corrected chi connectivity index (χ2v) is 4.64. The lowest BCUT2D eigenvalue weighted by Gasteiger charge is -2.16. The Kier molecular flexibility index (Phi) is 4.30. The van der Waals surface area contributed by atoms with Gasteiger partial charge in [0.25, 0.3) is 0 Å². The maximum Gasteiger partial charge on any atom is 0.150 e. The van der Waals surface area contributed by atoms with Crippen LogP contribution in [-0.2, 0) is 11.3 Å². The zero-order valence-corrected chi connectivity index (χ0v) is 10.7. The summed E-state index contributed by atoms with van der Waals surface area (Å²) in [6.07, 6.45) is 3.83. The van der Waals surface area contributed by atoms with Crippen LogP contribution in [0.1, 0.15) is 6.92 Å². The summed E-state index contributed by atoms with van der Waals surface area (Å²) in [6, 6.07) is 4.10.